The Morgan fingerprint density at radius 3 is 2.38 bits per heavy atom. The first-order chi connectivity index (χ1) is 9.81. The molecule has 6 heteroatoms. The molecule has 112 valence electrons. The predicted molar refractivity (Wildman–Crippen MR) is 68.6 cm³/mol. The molecule has 0 aliphatic carbocycles. The van der Waals surface area contributed by atoms with E-state index in [2.05, 4.69) is 0 Å². The van der Waals surface area contributed by atoms with Crippen LogP contribution in [0.3, 0.4) is 0 Å². The summed E-state index contributed by atoms with van der Waals surface area (Å²) in [4.78, 5) is 0. The summed E-state index contributed by atoms with van der Waals surface area (Å²) in [6.07, 6.45) is -4.64. The lowest BCUT2D eigenvalue weighted by molar-refractivity contribution is -0.138. The Morgan fingerprint density at radius 1 is 1.10 bits per heavy atom. The van der Waals surface area contributed by atoms with Crippen LogP contribution in [0.5, 0.6) is 11.5 Å². The van der Waals surface area contributed by atoms with E-state index in [-0.39, 0.29) is 11.3 Å². The summed E-state index contributed by atoms with van der Waals surface area (Å²) < 4.78 is 57.5. The third kappa shape index (κ3) is 3.52. The van der Waals surface area contributed by atoms with Crippen molar-refractivity contribution in [3.8, 4) is 11.5 Å². The number of aliphatic hydroxyl groups is 1. The molecule has 0 saturated heterocycles. The summed E-state index contributed by atoms with van der Waals surface area (Å²) >= 11 is 0. The lowest BCUT2D eigenvalue weighted by Gasteiger charge is -2.15. The topological polar surface area (TPSA) is 29.5 Å². The average molecular weight is 300 g/mol. The molecule has 0 bridgehead atoms. The molecule has 0 saturated carbocycles. The van der Waals surface area contributed by atoms with Crippen LogP contribution in [0.2, 0.25) is 0 Å². The third-order valence-corrected chi connectivity index (χ3v) is 2.90. The average Bonchev–Trinajstić information content (AvgIpc) is 2.42. The van der Waals surface area contributed by atoms with E-state index in [1.807, 2.05) is 0 Å². The molecule has 0 aromatic heterocycles. The minimum Gasteiger partial charge on any atom is -0.457 e. The van der Waals surface area contributed by atoms with Crippen molar-refractivity contribution in [2.75, 3.05) is 0 Å². The van der Waals surface area contributed by atoms with Crippen LogP contribution in [0.25, 0.3) is 0 Å². The molecule has 0 spiro atoms. The van der Waals surface area contributed by atoms with Crippen molar-refractivity contribution in [1.82, 2.24) is 0 Å². The number of aliphatic hydroxyl groups excluding tert-OH is 1. The van der Waals surface area contributed by atoms with E-state index in [9.17, 15) is 17.6 Å². The number of halogens is 4. The highest BCUT2D eigenvalue weighted by Gasteiger charge is 2.34. The molecule has 0 fully saturated rings. The van der Waals surface area contributed by atoms with Gasteiger partial charge >= 0.3 is 6.18 Å². The number of alkyl halides is 3. The molecule has 0 radical (unpaired) electrons. The van der Waals surface area contributed by atoms with E-state index in [0.29, 0.717) is 5.56 Å². The molecule has 2 nitrogen and oxygen atoms in total. The minimum atomic E-state index is -4.64. The Bertz CT molecular complexity index is 651. The second kappa shape index (κ2) is 5.73. The van der Waals surface area contributed by atoms with E-state index >= 15 is 0 Å². The standard InChI is InChI=1S/C15H12F4O2/c1-9-2-4-11(7-13(9)16)21-14-5-3-10(8-20)6-12(14)15(17,18)19/h2-7,20H,8H2,1H3. The first-order valence-corrected chi connectivity index (χ1v) is 6.06. The van der Waals surface area contributed by atoms with Gasteiger partial charge in [-0.15, -0.1) is 0 Å². The summed E-state index contributed by atoms with van der Waals surface area (Å²) in [5, 5.41) is 8.92. The van der Waals surface area contributed by atoms with Gasteiger partial charge in [0.2, 0.25) is 0 Å². The molecule has 21 heavy (non-hydrogen) atoms. The Balaban J connectivity index is 2.41. The molecule has 2 rings (SSSR count). The van der Waals surface area contributed by atoms with Gasteiger partial charge in [-0.3, -0.25) is 0 Å². The molecule has 0 amide bonds. The van der Waals surface area contributed by atoms with Gasteiger partial charge in [0.25, 0.3) is 0 Å². The van der Waals surface area contributed by atoms with Gasteiger partial charge in [0.15, 0.2) is 0 Å². The van der Waals surface area contributed by atoms with Crippen molar-refractivity contribution in [2.45, 2.75) is 19.7 Å². The second-order valence-corrected chi connectivity index (χ2v) is 4.50. The van der Waals surface area contributed by atoms with Gasteiger partial charge in [0.1, 0.15) is 17.3 Å². The fourth-order valence-electron chi connectivity index (χ4n) is 1.75. The smallest absolute Gasteiger partial charge is 0.419 e. The highest BCUT2D eigenvalue weighted by atomic mass is 19.4. The molecule has 2 aromatic rings. The Labute approximate surface area is 118 Å². The van der Waals surface area contributed by atoms with Crippen LogP contribution in [-0.2, 0) is 12.8 Å². The van der Waals surface area contributed by atoms with Crippen molar-refractivity contribution >= 4 is 0 Å². The summed E-state index contributed by atoms with van der Waals surface area (Å²) in [6, 6.07) is 7.05. The van der Waals surface area contributed by atoms with E-state index in [1.165, 1.54) is 25.1 Å². The van der Waals surface area contributed by atoms with Crippen LogP contribution in [0.1, 0.15) is 16.7 Å². The van der Waals surface area contributed by atoms with E-state index in [4.69, 9.17) is 9.84 Å². The summed E-state index contributed by atoms with van der Waals surface area (Å²) in [5.41, 5.74) is -0.534. The van der Waals surface area contributed by atoms with Gasteiger partial charge in [0.05, 0.1) is 12.2 Å². The predicted octanol–water partition coefficient (Wildman–Crippen LogP) is 4.44. The zero-order valence-corrected chi connectivity index (χ0v) is 11.0. The van der Waals surface area contributed by atoms with Gasteiger partial charge < -0.3 is 9.84 Å². The number of aryl methyl sites for hydroxylation is 1. The third-order valence-electron chi connectivity index (χ3n) is 2.90. The Morgan fingerprint density at radius 2 is 1.81 bits per heavy atom. The highest BCUT2D eigenvalue weighted by molar-refractivity contribution is 5.42. The number of hydrogen-bond acceptors (Lipinski definition) is 2. The fourth-order valence-corrected chi connectivity index (χ4v) is 1.75. The molecule has 0 aliphatic rings. The molecular formula is C15H12F4O2. The highest BCUT2D eigenvalue weighted by Crippen LogP contribution is 2.38. The lowest BCUT2D eigenvalue weighted by Crippen LogP contribution is -2.08. The zero-order valence-electron chi connectivity index (χ0n) is 11.0. The minimum absolute atomic E-state index is 0.0275. The van der Waals surface area contributed by atoms with Crippen molar-refractivity contribution < 1.29 is 27.4 Å². The molecule has 0 aliphatic heterocycles. The lowest BCUT2D eigenvalue weighted by atomic mass is 10.1. The van der Waals surface area contributed by atoms with E-state index < -0.39 is 29.9 Å². The number of benzene rings is 2. The van der Waals surface area contributed by atoms with Crippen LogP contribution in [0, 0.1) is 12.7 Å². The monoisotopic (exact) mass is 300 g/mol. The molecule has 2 aromatic carbocycles. The summed E-state index contributed by atoms with van der Waals surface area (Å²) in [7, 11) is 0. The SMILES string of the molecule is Cc1ccc(Oc2ccc(CO)cc2C(F)(F)F)cc1F. The maximum atomic E-state index is 13.4. The summed E-state index contributed by atoms with van der Waals surface area (Å²) in [5.74, 6) is -1.03. The van der Waals surface area contributed by atoms with Crippen LogP contribution in [0.4, 0.5) is 17.6 Å². The molecule has 1 N–H and O–H groups in total. The summed E-state index contributed by atoms with van der Waals surface area (Å²) in [6.45, 7) is 1.03. The fraction of sp³-hybridized carbons (Fsp3) is 0.200. The van der Waals surface area contributed by atoms with Crippen LogP contribution < -0.4 is 4.74 Å². The second-order valence-electron chi connectivity index (χ2n) is 4.50. The van der Waals surface area contributed by atoms with Crippen molar-refractivity contribution in [3.05, 3.63) is 58.9 Å². The van der Waals surface area contributed by atoms with Gasteiger partial charge in [-0.2, -0.15) is 13.2 Å². The van der Waals surface area contributed by atoms with Crippen molar-refractivity contribution in [1.29, 1.82) is 0 Å². The molecule has 0 heterocycles. The van der Waals surface area contributed by atoms with Gasteiger partial charge in [-0.1, -0.05) is 12.1 Å². The molecular weight excluding hydrogens is 288 g/mol. The Hall–Kier alpha value is -2.08. The van der Waals surface area contributed by atoms with Gasteiger partial charge in [-0.25, -0.2) is 4.39 Å². The van der Waals surface area contributed by atoms with E-state index in [1.54, 1.807) is 0 Å². The maximum absolute atomic E-state index is 13.4. The number of hydrogen-bond donors (Lipinski definition) is 1. The normalized spacial score (nSPS) is 11.5. The van der Waals surface area contributed by atoms with Crippen LogP contribution in [-0.4, -0.2) is 5.11 Å². The number of rotatable bonds is 3. The number of ether oxygens (including phenoxy) is 1. The Kier molecular flexibility index (Phi) is 4.18. The largest absolute Gasteiger partial charge is 0.457 e. The van der Waals surface area contributed by atoms with Crippen molar-refractivity contribution in [2.24, 2.45) is 0 Å². The van der Waals surface area contributed by atoms with E-state index in [0.717, 1.165) is 18.2 Å². The van der Waals surface area contributed by atoms with Crippen LogP contribution >= 0.6 is 0 Å². The zero-order chi connectivity index (χ0) is 15.6. The van der Waals surface area contributed by atoms with Crippen molar-refractivity contribution in [3.63, 3.8) is 0 Å². The van der Waals surface area contributed by atoms with Crippen LogP contribution in [0.15, 0.2) is 36.4 Å². The molecule has 0 atom stereocenters. The first-order valence-electron chi connectivity index (χ1n) is 6.06. The molecule has 0 unspecified atom stereocenters. The quantitative estimate of drug-likeness (QED) is 0.849. The maximum Gasteiger partial charge on any atom is 0.419 e. The van der Waals surface area contributed by atoms with Gasteiger partial charge in [-0.05, 0) is 36.2 Å². The first kappa shape index (κ1) is 15.3. The van der Waals surface area contributed by atoms with Gasteiger partial charge in [0, 0.05) is 6.07 Å².